The first kappa shape index (κ1) is 36.9. The van der Waals surface area contributed by atoms with Gasteiger partial charge in [0.2, 0.25) is 0 Å². The van der Waals surface area contributed by atoms with E-state index in [9.17, 15) is 0 Å². The van der Waals surface area contributed by atoms with Crippen molar-refractivity contribution in [2.75, 3.05) is 0 Å². The van der Waals surface area contributed by atoms with Crippen LogP contribution in [-0.4, -0.2) is 9.97 Å². The van der Waals surface area contributed by atoms with Crippen molar-refractivity contribution in [1.29, 1.82) is 0 Å². The van der Waals surface area contributed by atoms with Gasteiger partial charge in [-0.3, -0.25) is 0 Å². The van der Waals surface area contributed by atoms with E-state index in [4.69, 9.17) is 4.98 Å². The number of hydrogen-bond donors (Lipinski definition) is 0. The molecule has 0 saturated carbocycles. The summed E-state index contributed by atoms with van der Waals surface area (Å²) in [4.78, 5) is 9.32. The Morgan fingerprint density at radius 3 is 2.06 bits per heavy atom. The number of rotatable bonds is 2. The normalized spacial score (nSPS) is 13.3. The smallest absolute Gasteiger partial charge is 0.0239 e. The molecule has 9 rings (SSSR count). The molecule has 5 aromatic carbocycles. The van der Waals surface area contributed by atoms with Crippen LogP contribution in [0.1, 0.15) is 77.6 Å². The van der Waals surface area contributed by atoms with Gasteiger partial charge in [-0.25, -0.2) is 0 Å². The van der Waals surface area contributed by atoms with E-state index in [-0.39, 0.29) is 36.4 Å². The quantitative estimate of drug-likeness (QED) is 0.162. The van der Waals surface area contributed by atoms with Crippen LogP contribution >= 0.6 is 11.3 Å². The second kappa shape index (κ2) is 13.7. The SMILES string of the molecule is CC(C)(C)c1cc[c-]c(-c2nccc3c2C(C)(C)c2c-3ccc3ccc(C(C)(C)C)cc23)c1.[Ir].[c-]1cc2sc3ccccc3c2cc1-c1ccccn1. The second-order valence-electron chi connectivity index (χ2n) is 16.6. The molecule has 0 spiro atoms. The Morgan fingerprint density at radius 1 is 0.585 bits per heavy atom. The minimum atomic E-state index is -0.157. The van der Waals surface area contributed by atoms with E-state index in [1.54, 1.807) is 0 Å². The van der Waals surface area contributed by atoms with Crippen molar-refractivity contribution >= 4 is 42.3 Å². The van der Waals surface area contributed by atoms with Crippen LogP contribution in [0.5, 0.6) is 0 Å². The zero-order valence-corrected chi connectivity index (χ0v) is 34.9. The van der Waals surface area contributed by atoms with Crippen LogP contribution in [0.25, 0.3) is 64.6 Å². The summed E-state index contributed by atoms with van der Waals surface area (Å²) < 4.78 is 2.60. The summed E-state index contributed by atoms with van der Waals surface area (Å²) >= 11 is 1.81. The molecule has 53 heavy (non-hydrogen) atoms. The van der Waals surface area contributed by atoms with Gasteiger partial charge in [-0.15, -0.1) is 59.2 Å². The Bertz CT molecular complexity index is 2620. The topological polar surface area (TPSA) is 25.8 Å². The average molecular weight is 885 g/mol. The van der Waals surface area contributed by atoms with E-state index >= 15 is 0 Å². The monoisotopic (exact) mass is 885 g/mol. The maximum absolute atomic E-state index is 4.93. The van der Waals surface area contributed by atoms with Gasteiger partial charge in [0.25, 0.3) is 0 Å². The van der Waals surface area contributed by atoms with Gasteiger partial charge in [0.1, 0.15) is 0 Å². The first-order valence-electron chi connectivity index (χ1n) is 18.2. The molecule has 0 atom stereocenters. The van der Waals surface area contributed by atoms with E-state index in [0.717, 1.165) is 22.5 Å². The minimum absolute atomic E-state index is 0. The number of nitrogens with zero attached hydrogens (tertiary/aromatic N) is 2. The first-order chi connectivity index (χ1) is 24.8. The third-order valence-corrected chi connectivity index (χ3v) is 11.7. The zero-order valence-electron chi connectivity index (χ0n) is 31.7. The van der Waals surface area contributed by atoms with Crippen molar-refractivity contribution in [2.24, 2.45) is 0 Å². The van der Waals surface area contributed by atoms with Gasteiger partial charge in [-0.05, 0) is 89.1 Å². The molecule has 3 aromatic heterocycles. The van der Waals surface area contributed by atoms with E-state index in [0.29, 0.717) is 0 Å². The molecule has 2 nitrogen and oxygen atoms in total. The van der Waals surface area contributed by atoms with E-state index in [1.165, 1.54) is 64.3 Å². The standard InChI is InChI=1S/C32H34N.C17H10NS.Ir/c1-30(2,3)22-11-9-10-21(18-22)29-28-25(16-17-33-29)24-15-13-20-12-14-23(31(4,5)6)19-26(20)27(24)32(28,7)8;1-2-7-16-13(5-1)14-11-12(8-9-17(14)19-16)15-6-3-4-10-18-15;/h9,11-19H,1-8H3;1-7,9-11H;/q2*-1;. The summed E-state index contributed by atoms with van der Waals surface area (Å²) in [6.07, 6.45) is 3.78. The Labute approximate surface area is 331 Å². The summed E-state index contributed by atoms with van der Waals surface area (Å²) in [7, 11) is 0. The van der Waals surface area contributed by atoms with Crippen LogP contribution in [0.15, 0.2) is 122 Å². The average Bonchev–Trinajstić information content (AvgIpc) is 3.63. The third-order valence-electron chi connectivity index (χ3n) is 10.6. The van der Waals surface area contributed by atoms with Crippen LogP contribution in [0.2, 0.25) is 0 Å². The molecule has 267 valence electrons. The Balaban J connectivity index is 0.000000184. The summed E-state index contributed by atoms with van der Waals surface area (Å²) in [5.74, 6) is 0. The van der Waals surface area contributed by atoms with Crippen molar-refractivity contribution in [3.8, 4) is 33.6 Å². The van der Waals surface area contributed by atoms with Gasteiger partial charge in [0.05, 0.1) is 0 Å². The number of hydrogen-bond acceptors (Lipinski definition) is 3. The van der Waals surface area contributed by atoms with Gasteiger partial charge in [-0.2, -0.15) is 11.3 Å². The molecule has 4 heteroatoms. The molecule has 0 amide bonds. The minimum Gasteiger partial charge on any atom is -0.305 e. The fraction of sp³-hybridized carbons (Fsp3) is 0.224. The molecule has 0 unspecified atom stereocenters. The molecule has 8 aromatic rings. The van der Waals surface area contributed by atoms with Gasteiger partial charge >= 0.3 is 0 Å². The largest absolute Gasteiger partial charge is 0.305 e. The number of pyridine rings is 2. The Hall–Kier alpha value is -4.47. The summed E-state index contributed by atoms with van der Waals surface area (Å²) in [5.41, 5.74) is 12.3. The van der Waals surface area contributed by atoms with Crippen LogP contribution in [0, 0.1) is 12.1 Å². The van der Waals surface area contributed by atoms with E-state index in [1.807, 2.05) is 41.9 Å². The van der Waals surface area contributed by atoms with E-state index in [2.05, 4.69) is 164 Å². The number of aromatic nitrogens is 2. The Morgan fingerprint density at radius 2 is 1.30 bits per heavy atom. The summed E-state index contributed by atoms with van der Waals surface area (Å²) in [6.45, 7) is 18.4. The fourth-order valence-corrected chi connectivity index (χ4v) is 8.81. The molecule has 0 bridgehead atoms. The van der Waals surface area contributed by atoms with Crippen LogP contribution in [0.4, 0.5) is 0 Å². The predicted octanol–water partition coefficient (Wildman–Crippen LogP) is 13.5. The van der Waals surface area contributed by atoms with Crippen LogP contribution in [-0.2, 0) is 36.4 Å². The second-order valence-corrected chi connectivity index (χ2v) is 17.6. The molecule has 1 radical (unpaired) electrons. The van der Waals surface area contributed by atoms with Crippen molar-refractivity contribution < 1.29 is 20.1 Å². The molecule has 1 aliphatic rings. The third kappa shape index (κ3) is 6.67. The zero-order chi connectivity index (χ0) is 36.4. The molecule has 0 fully saturated rings. The van der Waals surface area contributed by atoms with Gasteiger partial charge in [-0.1, -0.05) is 121 Å². The van der Waals surface area contributed by atoms with Crippen LogP contribution in [0.3, 0.4) is 0 Å². The van der Waals surface area contributed by atoms with Gasteiger partial charge in [0, 0.05) is 42.6 Å². The molecule has 0 saturated heterocycles. The number of fused-ring (bicyclic) bond motifs is 8. The van der Waals surface area contributed by atoms with Gasteiger partial charge < -0.3 is 9.97 Å². The molecular formula is C49H44IrN2S-2. The van der Waals surface area contributed by atoms with Gasteiger partial charge in [0.15, 0.2) is 0 Å². The maximum atomic E-state index is 4.93. The Kier molecular flexibility index (Phi) is 9.56. The summed E-state index contributed by atoms with van der Waals surface area (Å²) in [5, 5.41) is 5.27. The molecule has 0 aliphatic heterocycles. The molecular weight excluding hydrogens is 841 g/mol. The molecule has 3 heterocycles. The molecule has 1 aliphatic carbocycles. The van der Waals surface area contributed by atoms with Crippen LogP contribution < -0.4 is 0 Å². The number of benzene rings is 5. The predicted molar refractivity (Wildman–Crippen MR) is 222 cm³/mol. The first-order valence-corrected chi connectivity index (χ1v) is 19.0. The van der Waals surface area contributed by atoms with Crippen molar-refractivity contribution in [2.45, 2.75) is 71.6 Å². The fourth-order valence-electron chi connectivity index (χ4n) is 7.74. The van der Waals surface area contributed by atoms with Crippen molar-refractivity contribution in [3.05, 3.63) is 156 Å². The van der Waals surface area contributed by atoms with E-state index < -0.39 is 0 Å². The van der Waals surface area contributed by atoms with Crippen molar-refractivity contribution in [1.82, 2.24) is 9.97 Å². The number of thiophene rings is 1. The maximum Gasteiger partial charge on any atom is 0.0239 e. The summed E-state index contributed by atoms with van der Waals surface area (Å²) in [6, 6.07) is 45.8. The molecule has 0 N–H and O–H groups in total. The van der Waals surface area contributed by atoms with Crippen molar-refractivity contribution in [3.63, 3.8) is 0 Å².